The molecule has 0 aliphatic carbocycles. The van der Waals surface area contributed by atoms with Crippen molar-refractivity contribution >= 4 is 11.6 Å². The molecule has 18 heavy (non-hydrogen) atoms. The molecule has 1 rings (SSSR count). The fourth-order valence-corrected chi connectivity index (χ4v) is 1.46. The summed E-state index contributed by atoms with van der Waals surface area (Å²) in [4.78, 5) is 21.4. The number of nitro groups is 1. The number of carbonyl (C=O) groups excluding carboxylic acids is 1. The lowest BCUT2D eigenvalue weighted by molar-refractivity contribution is -0.386. The fourth-order valence-electron chi connectivity index (χ4n) is 1.46. The van der Waals surface area contributed by atoms with Crippen LogP contribution < -0.4 is 15.8 Å². The first-order chi connectivity index (χ1) is 8.47. The van der Waals surface area contributed by atoms with Gasteiger partial charge in [-0.3, -0.25) is 14.9 Å². The predicted molar refractivity (Wildman–Crippen MR) is 65.4 cm³/mol. The highest BCUT2D eigenvalue weighted by atomic mass is 16.6. The number of hydrogen-bond donors (Lipinski definition) is 2. The van der Waals surface area contributed by atoms with Crippen molar-refractivity contribution in [1.82, 2.24) is 5.32 Å². The average Bonchev–Trinajstić information content (AvgIpc) is 2.28. The van der Waals surface area contributed by atoms with E-state index < -0.39 is 16.9 Å². The van der Waals surface area contributed by atoms with Gasteiger partial charge in [-0.1, -0.05) is 12.1 Å². The summed E-state index contributed by atoms with van der Waals surface area (Å²) in [6.07, 6.45) is 0. The summed E-state index contributed by atoms with van der Waals surface area (Å²) >= 11 is 0. The molecule has 0 saturated heterocycles. The highest BCUT2D eigenvalue weighted by Gasteiger charge is 2.20. The molecule has 0 saturated carbocycles. The number of nitrogens with two attached hydrogens (primary N) is 1. The van der Waals surface area contributed by atoms with Crippen LogP contribution in [0.25, 0.3) is 0 Å². The molecule has 1 unspecified atom stereocenters. The van der Waals surface area contributed by atoms with Gasteiger partial charge in [0.2, 0.25) is 5.91 Å². The maximum absolute atomic E-state index is 11.0. The number of likely N-dealkylation sites (N-methyl/N-ethyl adjacent to an activating group) is 1. The smallest absolute Gasteiger partial charge is 0.313 e. The van der Waals surface area contributed by atoms with Crippen LogP contribution in [-0.2, 0) is 4.79 Å². The number of nitro benzene ring substituents is 1. The van der Waals surface area contributed by atoms with Gasteiger partial charge in [0.25, 0.3) is 0 Å². The molecule has 0 aliphatic heterocycles. The highest BCUT2D eigenvalue weighted by Crippen LogP contribution is 2.30. The number of ether oxygens (including phenoxy) is 1. The van der Waals surface area contributed by atoms with E-state index in [1.165, 1.54) is 6.07 Å². The first-order valence-electron chi connectivity index (χ1n) is 5.30. The zero-order valence-corrected chi connectivity index (χ0v) is 10.2. The van der Waals surface area contributed by atoms with E-state index in [1.54, 1.807) is 26.1 Å². The van der Waals surface area contributed by atoms with Crippen molar-refractivity contribution in [2.75, 3.05) is 13.7 Å². The number of primary amides is 1. The molecule has 0 aromatic heterocycles. The third-order valence-corrected chi connectivity index (χ3v) is 2.48. The quantitative estimate of drug-likeness (QED) is 0.562. The standard InChI is InChI=1S/C11H15N3O4/c1-7-4-3-5-9(10(7)14(16)17)18-6-8(13-2)11(12)15/h3-5,8,13H,6H2,1-2H3,(H2,12,15). The van der Waals surface area contributed by atoms with Gasteiger partial charge >= 0.3 is 5.69 Å². The summed E-state index contributed by atoms with van der Waals surface area (Å²) in [7, 11) is 1.56. The molecule has 0 bridgehead atoms. The summed E-state index contributed by atoms with van der Waals surface area (Å²) in [5, 5.41) is 13.6. The van der Waals surface area contributed by atoms with E-state index in [0.29, 0.717) is 5.56 Å². The van der Waals surface area contributed by atoms with E-state index in [9.17, 15) is 14.9 Å². The summed E-state index contributed by atoms with van der Waals surface area (Å²) in [6.45, 7) is 1.56. The van der Waals surface area contributed by atoms with Crippen LogP contribution in [0.3, 0.4) is 0 Å². The Morgan fingerprint density at radius 2 is 2.28 bits per heavy atom. The Bertz CT molecular complexity index is 462. The minimum Gasteiger partial charge on any atom is -0.485 e. The third-order valence-electron chi connectivity index (χ3n) is 2.48. The van der Waals surface area contributed by atoms with E-state index in [1.807, 2.05) is 0 Å². The van der Waals surface area contributed by atoms with Crippen molar-refractivity contribution in [3.05, 3.63) is 33.9 Å². The zero-order valence-electron chi connectivity index (χ0n) is 10.2. The van der Waals surface area contributed by atoms with Crippen LogP contribution in [0.1, 0.15) is 5.56 Å². The van der Waals surface area contributed by atoms with Crippen LogP contribution in [-0.4, -0.2) is 30.5 Å². The Hall–Kier alpha value is -2.15. The van der Waals surface area contributed by atoms with Gasteiger partial charge < -0.3 is 15.8 Å². The largest absolute Gasteiger partial charge is 0.485 e. The molecule has 1 amide bonds. The Labute approximate surface area is 104 Å². The van der Waals surface area contributed by atoms with Gasteiger partial charge in [0.1, 0.15) is 12.6 Å². The Morgan fingerprint density at radius 1 is 1.61 bits per heavy atom. The van der Waals surface area contributed by atoms with Gasteiger partial charge in [-0.15, -0.1) is 0 Å². The molecule has 0 radical (unpaired) electrons. The number of para-hydroxylation sites is 1. The molecule has 0 spiro atoms. The minimum absolute atomic E-state index is 0.0594. The Morgan fingerprint density at radius 3 is 2.78 bits per heavy atom. The molecular weight excluding hydrogens is 238 g/mol. The Kier molecular flexibility index (Phi) is 4.61. The molecule has 7 heteroatoms. The number of aryl methyl sites for hydroxylation is 1. The minimum atomic E-state index is -0.690. The second-order valence-corrected chi connectivity index (χ2v) is 3.73. The number of carbonyl (C=O) groups is 1. The van der Waals surface area contributed by atoms with Crippen LogP contribution in [0.5, 0.6) is 5.75 Å². The summed E-state index contributed by atoms with van der Waals surface area (Å²) < 4.78 is 5.29. The molecule has 1 aromatic carbocycles. The zero-order chi connectivity index (χ0) is 13.7. The van der Waals surface area contributed by atoms with Crippen LogP contribution in [0.15, 0.2) is 18.2 Å². The van der Waals surface area contributed by atoms with E-state index in [0.717, 1.165) is 0 Å². The number of rotatable bonds is 6. The first-order valence-corrected chi connectivity index (χ1v) is 5.30. The second-order valence-electron chi connectivity index (χ2n) is 3.73. The van der Waals surface area contributed by atoms with Crippen LogP contribution >= 0.6 is 0 Å². The normalized spacial score (nSPS) is 11.9. The van der Waals surface area contributed by atoms with Crippen molar-refractivity contribution in [2.24, 2.45) is 5.73 Å². The maximum atomic E-state index is 11.0. The van der Waals surface area contributed by atoms with Crippen LogP contribution in [0.4, 0.5) is 5.69 Å². The van der Waals surface area contributed by atoms with Gasteiger partial charge in [0.05, 0.1) is 4.92 Å². The number of amides is 1. The summed E-state index contributed by atoms with van der Waals surface area (Å²) in [5.41, 5.74) is 5.52. The van der Waals surface area contributed by atoms with E-state index in [2.05, 4.69) is 5.32 Å². The molecule has 7 nitrogen and oxygen atoms in total. The molecule has 98 valence electrons. The number of nitrogens with zero attached hydrogens (tertiary/aromatic N) is 1. The van der Waals surface area contributed by atoms with Gasteiger partial charge in [-0.05, 0) is 20.0 Å². The number of benzene rings is 1. The van der Waals surface area contributed by atoms with Crippen molar-refractivity contribution in [3.63, 3.8) is 0 Å². The molecule has 1 aromatic rings. The number of hydrogen-bond acceptors (Lipinski definition) is 5. The Balaban J connectivity index is 2.88. The van der Waals surface area contributed by atoms with Crippen molar-refractivity contribution in [3.8, 4) is 5.75 Å². The SMILES string of the molecule is CNC(COc1cccc(C)c1[N+](=O)[O-])C(N)=O. The van der Waals surface area contributed by atoms with Crippen molar-refractivity contribution in [2.45, 2.75) is 13.0 Å². The van der Waals surface area contributed by atoms with Crippen LogP contribution in [0, 0.1) is 17.0 Å². The average molecular weight is 253 g/mol. The van der Waals surface area contributed by atoms with Gasteiger partial charge in [0.15, 0.2) is 5.75 Å². The third kappa shape index (κ3) is 3.17. The van der Waals surface area contributed by atoms with Gasteiger partial charge in [0, 0.05) is 5.56 Å². The fraction of sp³-hybridized carbons (Fsp3) is 0.364. The first kappa shape index (κ1) is 13.9. The number of nitrogens with one attached hydrogen (secondary N) is 1. The van der Waals surface area contributed by atoms with E-state index in [-0.39, 0.29) is 18.0 Å². The lowest BCUT2D eigenvalue weighted by Gasteiger charge is -2.14. The molecule has 0 fully saturated rings. The summed E-state index contributed by atoms with van der Waals surface area (Å²) in [5.74, 6) is -0.450. The second kappa shape index (κ2) is 5.97. The lowest BCUT2D eigenvalue weighted by Crippen LogP contribution is -2.43. The highest BCUT2D eigenvalue weighted by molar-refractivity contribution is 5.80. The maximum Gasteiger partial charge on any atom is 0.313 e. The van der Waals surface area contributed by atoms with Gasteiger partial charge in [-0.25, -0.2) is 0 Å². The molecule has 0 heterocycles. The molecular formula is C11H15N3O4. The van der Waals surface area contributed by atoms with E-state index in [4.69, 9.17) is 10.5 Å². The van der Waals surface area contributed by atoms with Gasteiger partial charge in [-0.2, -0.15) is 0 Å². The molecule has 0 aliphatic rings. The lowest BCUT2D eigenvalue weighted by atomic mass is 10.2. The van der Waals surface area contributed by atoms with E-state index >= 15 is 0 Å². The topological polar surface area (TPSA) is 107 Å². The monoisotopic (exact) mass is 253 g/mol. The molecule has 3 N–H and O–H groups in total. The van der Waals surface area contributed by atoms with Crippen LogP contribution in [0.2, 0.25) is 0 Å². The molecule has 1 atom stereocenters. The predicted octanol–water partition coefficient (Wildman–Crippen LogP) is 0.355. The van der Waals surface area contributed by atoms with Crippen molar-refractivity contribution < 1.29 is 14.5 Å². The summed E-state index contributed by atoms with van der Waals surface area (Å²) in [6, 6.07) is 4.06. The van der Waals surface area contributed by atoms with Crippen molar-refractivity contribution in [1.29, 1.82) is 0 Å².